The number of hydrogen-bond acceptors (Lipinski definition) is 1. The molecule has 2 aliphatic rings. The van der Waals surface area contributed by atoms with E-state index in [4.69, 9.17) is 0 Å². The van der Waals surface area contributed by atoms with Crippen LogP contribution in [0.25, 0.3) is 0 Å². The summed E-state index contributed by atoms with van der Waals surface area (Å²) in [5.74, 6) is 1.40. The van der Waals surface area contributed by atoms with Crippen LogP contribution < -0.4 is 0 Å². The van der Waals surface area contributed by atoms with Crippen molar-refractivity contribution in [3.63, 3.8) is 0 Å². The summed E-state index contributed by atoms with van der Waals surface area (Å²) in [6.07, 6.45) is 4.23. The van der Waals surface area contributed by atoms with Gasteiger partial charge in [0.05, 0.1) is 0 Å². The van der Waals surface area contributed by atoms with Crippen LogP contribution in [0.2, 0.25) is 0 Å². The van der Waals surface area contributed by atoms with Gasteiger partial charge in [-0.25, -0.2) is 0 Å². The van der Waals surface area contributed by atoms with Gasteiger partial charge in [-0.3, -0.25) is 4.79 Å². The van der Waals surface area contributed by atoms with E-state index in [0.717, 1.165) is 12.8 Å². The first-order valence-electron chi connectivity index (χ1n) is 5.47. The molecule has 1 unspecified atom stereocenters. The van der Waals surface area contributed by atoms with Crippen LogP contribution in [-0.4, -0.2) is 5.78 Å². The van der Waals surface area contributed by atoms with Gasteiger partial charge in [-0.2, -0.15) is 0 Å². The third kappa shape index (κ3) is 1.19. The fourth-order valence-corrected chi connectivity index (χ4v) is 2.60. The van der Waals surface area contributed by atoms with Crippen LogP contribution in [0.15, 0.2) is 24.3 Å². The lowest BCUT2D eigenvalue weighted by Gasteiger charge is -2.23. The quantitative estimate of drug-likeness (QED) is 0.659. The van der Waals surface area contributed by atoms with Crippen LogP contribution in [-0.2, 0) is 11.2 Å². The van der Waals surface area contributed by atoms with Gasteiger partial charge in [0.25, 0.3) is 0 Å². The van der Waals surface area contributed by atoms with Crippen molar-refractivity contribution in [2.24, 2.45) is 5.92 Å². The molecule has 1 atom stereocenters. The Morgan fingerprint density at radius 3 is 2.64 bits per heavy atom. The Balaban J connectivity index is 2.06. The lowest BCUT2D eigenvalue weighted by molar-refractivity contribution is -0.121. The average Bonchev–Trinajstić information content (AvgIpc) is 3.01. The molecular formula is C13H14O. The highest BCUT2D eigenvalue weighted by molar-refractivity contribution is 5.88. The molecule has 0 saturated heterocycles. The molecule has 1 heteroatoms. The van der Waals surface area contributed by atoms with Crippen molar-refractivity contribution in [3.8, 4) is 0 Å². The molecule has 0 aromatic heterocycles. The zero-order valence-corrected chi connectivity index (χ0v) is 8.20. The molecule has 72 valence electrons. The van der Waals surface area contributed by atoms with Gasteiger partial charge in [-0.15, -0.1) is 0 Å². The van der Waals surface area contributed by atoms with Gasteiger partial charge in [0.15, 0.2) is 0 Å². The largest absolute Gasteiger partial charge is 0.299 e. The van der Waals surface area contributed by atoms with E-state index < -0.39 is 0 Å². The number of carbonyl (C=O) groups excluding carboxylic acids is 1. The first-order valence-corrected chi connectivity index (χ1v) is 5.47. The van der Waals surface area contributed by atoms with Crippen LogP contribution >= 0.6 is 0 Å². The second-order valence-corrected chi connectivity index (χ2v) is 4.48. The van der Waals surface area contributed by atoms with Crippen molar-refractivity contribution in [1.29, 1.82) is 0 Å². The highest BCUT2D eigenvalue weighted by Crippen LogP contribution is 2.46. The summed E-state index contributed by atoms with van der Waals surface area (Å²) in [5.41, 5.74) is 2.73. The topological polar surface area (TPSA) is 17.1 Å². The summed E-state index contributed by atoms with van der Waals surface area (Å²) in [6, 6.07) is 8.47. The summed E-state index contributed by atoms with van der Waals surface area (Å²) in [4.78, 5) is 11.8. The monoisotopic (exact) mass is 186 g/mol. The van der Waals surface area contributed by atoms with E-state index in [0.29, 0.717) is 11.7 Å². The van der Waals surface area contributed by atoms with Gasteiger partial charge < -0.3 is 0 Å². The maximum absolute atomic E-state index is 11.8. The maximum atomic E-state index is 11.8. The van der Waals surface area contributed by atoms with Crippen molar-refractivity contribution in [2.75, 3.05) is 0 Å². The normalized spacial score (nSPS) is 26.0. The van der Waals surface area contributed by atoms with E-state index in [1.165, 1.54) is 24.0 Å². The Hall–Kier alpha value is -1.11. The number of ketones is 1. The van der Waals surface area contributed by atoms with Crippen molar-refractivity contribution in [3.05, 3.63) is 35.4 Å². The third-order valence-electron chi connectivity index (χ3n) is 3.47. The molecule has 0 bridgehead atoms. The summed E-state index contributed by atoms with van der Waals surface area (Å²) < 4.78 is 0. The molecule has 1 saturated carbocycles. The second kappa shape index (κ2) is 2.94. The molecule has 14 heavy (non-hydrogen) atoms. The zero-order chi connectivity index (χ0) is 9.54. The third-order valence-corrected chi connectivity index (χ3v) is 3.47. The second-order valence-electron chi connectivity index (χ2n) is 4.48. The molecule has 1 nitrogen and oxygen atoms in total. The smallest absolute Gasteiger partial charge is 0.140 e. The first-order chi connectivity index (χ1) is 6.86. The molecule has 0 radical (unpaired) electrons. The highest BCUT2D eigenvalue weighted by Gasteiger charge is 2.39. The Morgan fingerprint density at radius 2 is 1.86 bits per heavy atom. The summed E-state index contributed by atoms with van der Waals surface area (Å²) >= 11 is 0. The first kappa shape index (κ1) is 8.22. The minimum absolute atomic E-state index is 0.250. The number of fused-ring (bicyclic) bond motifs is 1. The fraction of sp³-hybridized carbons (Fsp3) is 0.462. The van der Waals surface area contributed by atoms with Gasteiger partial charge in [0, 0.05) is 12.3 Å². The maximum Gasteiger partial charge on any atom is 0.140 e. The number of benzene rings is 1. The van der Waals surface area contributed by atoms with E-state index in [1.807, 2.05) is 0 Å². The summed E-state index contributed by atoms with van der Waals surface area (Å²) in [6.45, 7) is 0. The number of rotatable bonds is 1. The fourth-order valence-electron chi connectivity index (χ4n) is 2.60. The van der Waals surface area contributed by atoms with E-state index in [2.05, 4.69) is 24.3 Å². The molecule has 0 spiro atoms. The Labute approximate surface area is 84.1 Å². The minimum Gasteiger partial charge on any atom is -0.299 e. The molecular weight excluding hydrogens is 172 g/mol. The molecule has 0 amide bonds. The molecule has 1 fully saturated rings. The van der Waals surface area contributed by atoms with Gasteiger partial charge in [-0.05, 0) is 36.3 Å². The van der Waals surface area contributed by atoms with Crippen LogP contribution in [0.5, 0.6) is 0 Å². The Morgan fingerprint density at radius 1 is 1.07 bits per heavy atom. The molecule has 0 aliphatic heterocycles. The van der Waals surface area contributed by atoms with E-state index in [1.54, 1.807) is 0 Å². The van der Waals surface area contributed by atoms with E-state index in [-0.39, 0.29) is 5.92 Å². The number of Topliss-reactive ketones (excluding diaryl/α,β-unsaturated/α-hetero) is 1. The summed E-state index contributed by atoms with van der Waals surface area (Å²) in [5, 5.41) is 0. The molecule has 1 aromatic rings. The molecule has 1 aromatic carbocycles. The predicted molar refractivity (Wildman–Crippen MR) is 55.2 cm³/mol. The highest BCUT2D eigenvalue weighted by atomic mass is 16.1. The Kier molecular flexibility index (Phi) is 1.73. The van der Waals surface area contributed by atoms with Crippen LogP contribution in [0.1, 0.15) is 36.3 Å². The van der Waals surface area contributed by atoms with Crippen LogP contribution in [0.4, 0.5) is 0 Å². The van der Waals surface area contributed by atoms with Gasteiger partial charge in [-0.1, -0.05) is 24.3 Å². The van der Waals surface area contributed by atoms with Gasteiger partial charge in [0.1, 0.15) is 5.78 Å². The van der Waals surface area contributed by atoms with E-state index >= 15 is 0 Å². The Bertz CT molecular complexity index is 377. The van der Waals surface area contributed by atoms with Crippen LogP contribution in [0.3, 0.4) is 0 Å². The lowest BCUT2D eigenvalue weighted by Crippen LogP contribution is -2.21. The van der Waals surface area contributed by atoms with Crippen molar-refractivity contribution in [2.45, 2.75) is 31.6 Å². The lowest BCUT2D eigenvalue weighted by atomic mass is 9.79. The SMILES string of the molecule is O=C1CCc2ccccc2C1C1CC1. The van der Waals surface area contributed by atoms with Crippen molar-refractivity contribution >= 4 is 5.78 Å². The standard InChI is InChI=1S/C13H14O/c14-12-8-7-9-3-1-2-4-11(9)13(12)10-5-6-10/h1-4,10,13H,5-8H2. The van der Waals surface area contributed by atoms with Gasteiger partial charge in [0.2, 0.25) is 0 Å². The van der Waals surface area contributed by atoms with Crippen molar-refractivity contribution in [1.82, 2.24) is 0 Å². The van der Waals surface area contributed by atoms with Gasteiger partial charge >= 0.3 is 0 Å². The number of aryl methyl sites for hydroxylation is 1. The number of carbonyl (C=O) groups is 1. The zero-order valence-electron chi connectivity index (χ0n) is 8.20. The molecule has 3 rings (SSSR count). The molecule has 2 aliphatic carbocycles. The average molecular weight is 186 g/mol. The predicted octanol–water partition coefficient (Wildman–Crippen LogP) is 2.70. The van der Waals surface area contributed by atoms with E-state index in [9.17, 15) is 4.79 Å². The molecule has 0 heterocycles. The van der Waals surface area contributed by atoms with Crippen LogP contribution in [0, 0.1) is 5.92 Å². The molecule has 0 N–H and O–H groups in total. The number of hydrogen-bond donors (Lipinski definition) is 0. The summed E-state index contributed by atoms with van der Waals surface area (Å²) in [7, 11) is 0. The van der Waals surface area contributed by atoms with Crippen molar-refractivity contribution < 1.29 is 4.79 Å². The minimum atomic E-state index is 0.250.